The number of carbonyl (C=O) groups excluding carboxylic acids is 2. The van der Waals surface area contributed by atoms with Gasteiger partial charge in [0, 0.05) is 68.0 Å². The van der Waals surface area contributed by atoms with E-state index in [0.717, 1.165) is 50.1 Å². The summed E-state index contributed by atoms with van der Waals surface area (Å²) in [5.74, 6) is 0.287. The number of hydrogen-bond donors (Lipinski definition) is 0. The summed E-state index contributed by atoms with van der Waals surface area (Å²) < 4.78 is 0. The van der Waals surface area contributed by atoms with Crippen molar-refractivity contribution in [2.24, 2.45) is 5.92 Å². The standard InChI is InChI=1S/C26H33N3O2/c1-20(2)27-16-18-28(19-17-27)24-10-8-23(9-11-24)26(31)29-14-12-22(13-15-29)25(30)21-6-4-3-5-7-21/h3-11,20,22H,12-19H2,1-2H3. The number of piperazine rings is 1. The van der Waals surface area contributed by atoms with Crippen LogP contribution < -0.4 is 4.90 Å². The molecule has 2 aromatic rings. The van der Waals surface area contributed by atoms with Crippen LogP contribution in [0.4, 0.5) is 5.69 Å². The maximum absolute atomic E-state index is 13.0. The molecule has 0 aromatic heterocycles. The minimum Gasteiger partial charge on any atom is -0.369 e. The van der Waals surface area contributed by atoms with Crippen LogP contribution in [0.3, 0.4) is 0 Å². The molecule has 2 aromatic carbocycles. The van der Waals surface area contributed by atoms with Crippen LogP contribution in [0.5, 0.6) is 0 Å². The number of ketones is 1. The molecule has 2 aliphatic heterocycles. The summed E-state index contributed by atoms with van der Waals surface area (Å²) in [6.45, 7) is 9.97. The average Bonchev–Trinajstić information content (AvgIpc) is 2.84. The lowest BCUT2D eigenvalue weighted by atomic mass is 9.88. The molecule has 31 heavy (non-hydrogen) atoms. The van der Waals surface area contributed by atoms with Gasteiger partial charge in [-0.05, 0) is 51.0 Å². The number of piperidine rings is 1. The lowest BCUT2D eigenvalue weighted by Gasteiger charge is -2.38. The molecule has 0 saturated carbocycles. The lowest BCUT2D eigenvalue weighted by Crippen LogP contribution is -2.48. The molecule has 5 nitrogen and oxygen atoms in total. The first kappa shape index (κ1) is 21.6. The summed E-state index contributed by atoms with van der Waals surface area (Å²) in [4.78, 5) is 32.4. The minimum atomic E-state index is 0.0123. The SMILES string of the molecule is CC(C)N1CCN(c2ccc(C(=O)N3CCC(C(=O)c4ccccc4)CC3)cc2)CC1. The summed E-state index contributed by atoms with van der Waals surface area (Å²) in [6.07, 6.45) is 1.47. The largest absolute Gasteiger partial charge is 0.369 e. The van der Waals surface area contributed by atoms with Crippen LogP contribution in [-0.2, 0) is 0 Å². The number of hydrogen-bond acceptors (Lipinski definition) is 4. The number of likely N-dealkylation sites (tertiary alicyclic amines) is 1. The van der Waals surface area contributed by atoms with Crippen LogP contribution in [0, 0.1) is 5.92 Å². The van der Waals surface area contributed by atoms with Gasteiger partial charge in [0.25, 0.3) is 5.91 Å². The Hall–Kier alpha value is -2.66. The minimum absolute atomic E-state index is 0.0123. The van der Waals surface area contributed by atoms with Gasteiger partial charge in [0.2, 0.25) is 0 Å². The number of carbonyl (C=O) groups is 2. The third-order valence-corrected chi connectivity index (χ3v) is 6.74. The zero-order chi connectivity index (χ0) is 21.8. The van der Waals surface area contributed by atoms with Gasteiger partial charge in [0.15, 0.2) is 5.78 Å². The van der Waals surface area contributed by atoms with Crippen molar-refractivity contribution in [3.05, 3.63) is 65.7 Å². The van der Waals surface area contributed by atoms with Crippen molar-refractivity contribution in [1.29, 1.82) is 0 Å². The molecule has 0 atom stereocenters. The van der Waals surface area contributed by atoms with E-state index in [0.29, 0.717) is 19.1 Å². The first-order valence-electron chi connectivity index (χ1n) is 11.5. The fourth-order valence-electron chi connectivity index (χ4n) is 4.68. The van der Waals surface area contributed by atoms with E-state index >= 15 is 0 Å². The predicted octanol–water partition coefficient (Wildman–Crippen LogP) is 3.95. The zero-order valence-electron chi connectivity index (χ0n) is 18.7. The topological polar surface area (TPSA) is 43.9 Å². The average molecular weight is 420 g/mol. The highest BCUT2D eigenvalue weighted by Crippen LogP contribution is 2.24. The number of Topliss-reactive ketones (excluding diaryl/α,β-unsaturated/α-hetero) is 1. The van der Waals surface area contributed by atoms with Gasteiger partial charge in [-0.3, -0.25) is 14.5 Å². The Morgan fingerprint density at radius 3 is 1.97 bits per heavy atom. The Labute approximate surface area is 185 Å². The summed E-state index contributed by atoms with van der Waals surface area (Å²) in [6, 6.07) is 18.1. The van der Waals surface area contributed by atoms with E-state index in [1.807, 2.05) is 47.4 Å². The van der Waals surface area contributed by atoms with Crippen molar-refractivity contribution in [3.63, 3.8) is 0 Å². The van der Waals surface area contributed by atoms with E-state index in [1.165, 1.54) is 5.69 Å². The Balaban J connectivity index is 1.31. The predicted molar refractivity (Wildman–Crippen MR) is 125 cm³/mol. The molecule has 2 saturated heterocycles. The van der Waals surface area contributed by atoms with Gasteiger partial charge in [-0.2, -0.15) is 0 Å². The number of amides is 1. The van der Waals surface area contributed by atoms with Gasteiger partial charge >= 0.3 is 0 Å². The number of rotatable bonds is 5. The maximum Gasteiger partial charge on any atom is 0.253 e. The summed E-state index contributed by atoms with van der Waals surface area (Å²) >= 11 is 0. The molecule has 164 valence electrons. The zero-order valence-corrected chi connectivity index (χ0v) is 18.7. The summed E-state index contributed by atoms with van der Waals surface area (Å²) in [7, 11) is 0. The molecule has 0 aliphatic carbocycles. The van der Waals surface area contributed by atoms with E-state index in [4.69, 9.17) is 0 Å². The quantitative estimate of drug-likeness (QED) is 0.689. The molecule has 0 bridgehead atoms. The Kier molecular flexibility index (Phi) is 6.71. The van der Waals surface area contributed by atoms with E-state index in [1.54, 1.807) is 0 Å². The normalized spacial score (nSPS) is 18.4. The Morgan fingerprint density at radius 2 is 1.39 bits per heavy atom. The molecule has 0 spiro atoms. The third-order valence-electron chi connectivity index (χ3n) is 6.74. The van der Waals surface area contributed by atoms with Crippen LogP contribution in [0.25, 0.3) is 0 Å². The molecule has 2 aliphatic rings. The fourth-order valence-corrected chi connectivity index (χ4v) is 4.68. The van der Waals surface area contributed by atoms with Crippen LogP contribution in [0.15, 0.2) is 54.6 Å². The number of benzene rings is 2. The monoisotopic (exact) mass is 419 g/mol. The second kappa shape index (κ2) is 9.65. The van der Waals surface area contributed by atoms with Gasteiger partial charge in [-0.1, -0.05) is 30.3 Å². The highest BCUT2D eigenvalue weighted by Gasteiger charge is 2.28. The lowest BCUT2D eigenvalue weighted by molar-refractivity contribution is 0.0650. The highest BCUT2D eigenvalue weighted by molar-refractivity contribution is 5.98. The van der Waals surface area contributed by atoms with Gasteiger partial charge in [-0.25, -0.2) is 0 Å². The summed E-state index contributed by atoms with van der Waals surface area (Å²) in [5, 5.41) is 0. The molecule has 1 amide bonds. The van der Waals surface area contributed by atoms with Crippen molar-refractivity contribution in [1.82, 2.24) is 9.80 Å². The molecular weight excluding hydrogens is 386 g/mol. The Bertz CT molecular complexity index is 879. The van der Waals surface area contributed by atoms with Crippen molar-refractivity contribution in [2.45, 2.75) is 32.7 Å². The van der Waals surface area contributed by atoms with Crippen molar-refractivity contribution < 1.29 is 9.59 Å². The molecule has 5 heteroatoms. The number of nitrogens with zero attached hydrogens (tertiary/aromatic N) is 3. The first-order chi connectivity index (χ1) is 15.0. The molecule has 0 unspecified atom stereocenters. The van der Waals surface area contributed by atoms with E-state index in [2.05, 4.69) is 35.8 Å². The van der Waals surface area contributed by atoms with E-state index < -0.39 is 0 Å². The maximum atomic E-state index is 13.0. The molecular formula is C26H33N3O2. The van der Waals surface area contributed by atoms with Crippen molar-refractivity contribution in [2.75, 3.05) is 44.2 Å². The van der Waals surface area contributed by atoms with E-state index in [9.17, 15) is 9.59 Å². The second-order valence-corrected chi connectivity index (χ2v) is 8.96. The first-order valence-corrected chi connectivity index (χ1v) is 11.5. The van der Waals surface area contributed by atoms with E-state index in [-0.39, 0.29) is 17.6 Å². The van der Waals surface area contributed by atoms with Gasteiger partial charge in [-0.15, -0.1) is 0 Å². The molecule has 2 heterocycles. The van der Waals surface area contributed by atoms with Crippen molar-refractivity contribution in [3.8, 4) is 0 Å². The molecule has 4 rings (SSSR count). The van der Waals surface area contributed by atoms with Crippen LogP contribution in [0.1, 0.15) is 47.4 Å². The van der Waals surface area contributed by atoms with Gasteiger partial charge in [0.05, 0.1) is 0 Å². The van der Waals surface area contributed by atoms with Crippen LogP contribution in [-0.4, -0.2) is 66.8 Å². The second-order valence-electron chi connectivity index (χ2n) is 8.96. The fraction of sp³-hybridized carbons (Fsp3) is 0.462. The highest BCUT2D eigenvalue weighted by atomic mass is 16.2. The number of anilines is 1. The third kappa shape index (κ3) is 4.99. The van der Waals surface area contributed by atoms with Gasteiger partial charge < -0.3 is 9.80 Å². The summed E-state index contributed by atoms with van der Waals surface area (Å²) in [5.41, 5.74) is 2.70. The van der Waals surface area contributed by atoms with Crippen LogP contribution >= 0.6 is 0 Å². The Morgan fingerprint density at radius 1 is 0.774 bits per heavy atom. The molecule has 0 radical (unpaired) electrons. The van der Waals surface area contributed by atoms with Crippen LogP contribution in [0.2, 0.25) is 0 Å². The molecule has 2 fully saturated rings. The smallest absolute Gasteiger partial charge is 0.253 e. The molecule has 0 N–H and O–H groups in total. The van der Waals surface area contributed by atoms with Gasteiger partial charge in [0.1, 0.15) is 0 Å². The van der Waals surface area contributed by atoms with Crippen molar-refractivity contribution >= 4 is 17.4 Å².